The Kier molecular flexibility index (Phi) is 6.16. The van der Waals surface area contributed by atoms with Crippen molar-refractivity contribution >= 4 is 11.9 Å². The first-order valence-electron chi connectivity index (χ1n) is 5.91. The monoisotopic (exact) mass is 244 g/mol. The Bertz CT molecular complexity index is 271. The van der Waals surface area contributed by atoms with E-state index in [9.17, 15) is 9.59 Å². The molecule has 5 heteroatoms. The van der Waals surface area contributed by atoms with Gasteiger partial charge in [-0.05, 0) is 41.0 Å². The number of hydrogen-bond donors (Lipinski definition) is 3. The van der Waals surface area contributed by atoms with Crippen molar-refractivity contribution in [2.75, 3.05) is 0 Å². The number of amides is 1. The lowest BCUT2D eigenvalue weighted by Crippen LogP contribution is -2.51. The fourth-order valence-corrected chi connectivity index (χ4v) is 1.40. The van der Waals surface area contributed by atoms with Gasteiger partial charge in [-0.25, -0.2) is 0 Å². The smallest absolute Gasteiger partial charge is 0.303 e. The lowest BCUT2D eigenvalue weighted by Gasteiger charge is -2.25. The van der Waals surface area contributed by atoms with Gasteiger partial charge in [-0.15, -0.1) is 0 Å². The van der Waals surface area contributed by atoms with Gasteiger partial charge in [0, 0.05) is 18.0 Å². The van der Waals surface area contributed by atoms with Crippen LogP contribution in [0.15, 0.2) is 0 Å². The SMILES string of the molecule is CC(CCC(=O)O)NC(C)C(=O)NC(C)(C)C. The highest BCUT2D eigenvalue weighted by Crippen LogP contribution is 2.02. The van der Waals surface area contributed by atoms with Gasteiger partial charge in [0.1, 0.15) is 0 Å². The van der Waals surface area contributed by atoms with Crippen molar-refractivity contribution in [3.05, 3.63) is 0 Å². The van der Waals surface area contributed by atoms with Gasteiger partial charge in [0.2, 0.25) is 5.91 Å². The van der Waals surface area contributed by atoms with Crippen LogP contribution in [0.2, 0.25) is 0 Å². The van der Waals surface area contributed by atoms with Gasteiger partial charge in [0.25, 0.3) is 0 Å². The number of carbonyl (C=O) groups excluding carboxylic acids is 1. The van der Waals surface area contributed by atoms with Crippen LogP contribution < -0.4 is 10.6 Å². The van der Waals surface area contributed by atoms with E-state index in [0.29, 0.717) is 6.42 Å². The molecule has 0 radical (unpaired) electrons. The number of rotatable bonds is 6. The van der Waals surface area contributed by atoms with Crippen molar-refractivity contribution in [2.45, 2.75) is 65.1 Å². The number of aliphatic carboxylic acids is 1. The molecule has 0 rings (SSSR count). The summed E-state index contributed by atoms with van der Waals surface area (Å²) in [6.07, 6.45) is 0.629. The minimum atomic E-state index is -0.814. The molecule has 100 valence electrons. The molecule has 2 atom stereocenters. The maximum Gasteiger partial charge on any atom is 0.303 e. The number of carboxylic acids is 1. The van der Waals surface area contributed by atoms with Crippen LogP contribution in [0.4, 0.5) is 0 Å². The highest BCUT2D eigenvalue weighted by atomic mass is 16.4. The van der Waals surface area contributed by atoms with Gasteiger partial charge in [-0.3, -0.25) is 9.59 Å². The molecule has 0 aliphatic rings. The molecular formula is C12H24N2O3. The molecule has 0 aliphatic heterocycles. The molecule has 2 unspecified atom stereocenters. The minimum absolute atomic E-state index is 0.00631. The molecule has 5 nitrogen and oxygen atoms in total. The Balaban J connectivity index is 4.03. The Morgan fingerprint density at radius 1 is 1.24 bits per heavy atom. The van der Waals surface area contributed by atoms with Crippen molar-refractivity contribution in [1.29, 1.82) is 0 Å². The molecule has 0 saturated carbocycles. The Hall–Kier alpha value is -1.10. The van der Waals surface area contributed by atoms with Gasteiger partial charge in [0.15, 0.2) is 0 Å². The predicted molar refractivity (Wildman–Crippen MR) is 66.8 cm³/mol. The molecule has 0 aliphatic carbocycles. The average Bonchev–Trinajstić information content (AvgIpc) is 2.11. The third-order valence-electron chi connectivity index (χ3n) is 2.22. The van der Waals surface area contributed by atoms with E-state index < -0.39 is 5.97 Å². The van der Waals surface area contributed by atoms with E-state index in [1.54, 1.807) is 6.92 Å². The van der Waals surface area contributed by atoms with E-state index in [1.807, 2.05) is 27.7 Å². The number of carboxylic acid groups (broad SMARTS) is 1. The van der Waals surface area contributed by atoms with E-state index in [0.717, 1.165) is 0 Å². The van der Waals surface area contributed by atoms with Gasteiger partial charge < -0.3 is 15.7 Å². The molecule has 0 saturated heterocycles. The fourth-order valence-electron chi connectivity index (χ4n) is 1.40. The minimum Gasteiger partial charge on any atom is -0.481 e. The summed E-state index contributed by atoms with van der Waals surface area (Å²) in [7, 11) is 0. The summed E-state index contributed by atoms with van der Waals surface area (Å²) in [5, 5.41) is 14.5. The van der Waals surface area contributed by atoms with E-state index in [1.165, 1.54) is 0 Å². The van der Waals surface area contributed by atoms with Crippen LogP contribution in [0.3, 0.4) is 0 Å². The highest BCUT2D eigenvalue weighted by molar-refractivity contribution is 5.81. The lowest BCUT2D eigenvalue weighted by atomic mass is 10.1. The molecule has 3 N–H and O–H groups in total. The first kappa shape index (κ1) is 15.9. The first-order chi connectivity index (χ1) is 7.61. The quantitative estimate of drug-likeness (QED) is 0.654. The zero-order chi connectivity index (χ0) is 13.6. The van der Waals surface area contributed by atoms with E-state index in [4.69, 9.17) is 5.11 Å². The zero-order valence-electron chi connectivity index (χ0n) is 11.3. The summed E-state index contributed by atoms with van der Waals surface area (Å²) in [5.74, 6) is -0.884. The average molecular weight is 244 g/mol. The van der Waals surface area contributed by atoms with Crippen molar-refractivity contribution in [1.82, 2.24) is 10.6 Å². The second-order valence-corrected chi connectivity index (χ2v) is 5.46. The number of hydrogen-bond acceptors (Lipinski definition) is 3. The molecule has 0 fully saturated rings. The van der Waals surface area contributed by atoms with Gasteiger partial charge in [0.05, 0.1) is 6.04 Å². The van der Waals surface area contributed by atoms with Crippen LogP contribution >= 0.6 is 0 Å². The van der Waals surface area contributed by atoms with Gasteiger partial charge >= 0.3 is 5.97 Å². The second-order valence-electron chi connectivity index (χ2n) is 5.46. The Morgan fingerprint density at radius 3 is 2.18 bits per heavy atom. The summed E-state index contributed by atoms with van der Waals surface area (Å²) in [5.41, 5.74) is -0.253. The van der Waals surface area contributed by atoms with Gasteiger partial charge in [-0.2, -0.15) is 0 Å². The third kappa shape index (κ3) is 8.68. The molecule has 1 amide bonds. The van der Waals surface area contributed by atoms with Crippen molar-refractivity contribution in [3.63, 3.8) is 0 Å². The molecule has 0 aromatic heterocycles. The molecule has 0 spiro atoms. The number of nitrogens with one attached hydrogen (secondary N) is 2. The summed E-state index contributed by atoms with van der Waals surface area (Å²) in [6, 6.07) is -0.315. The summed E-state index contributed by atoms with van der Waals surface area (Å²) >= 11 is 0. The van der Waals surface area contributed by atoms with E-state index >= 15 is 0 Å². The fraction of sp³-hybridized carbons (Fsp3) is 0.833. The third-order valence-corrected chi connectivity index (χ3v) is 2.22. The standard InChI is InChI=1S/C12H24N2O3/c1-8(6-7-10(15)16)13-9(2)11(17)14-12(3,4)5/h8-9,13H,6-7H2,1-5H3,(H,14,17)(H,15,16). The molecule has 0 bridgehead atoms. The molecule has 0 aromatic rings. The van der Waals surface area contributed by atoms with Crippen molar-refractivity contribution in [2.24, 2.45) is 0 Å². The number of carbonyl (C=O) groups is 2. The Morgan fingerprint density at radius 2 is 1.76 bits per heavy atom. The molecule has 17 heavy (non-hydrogen) atoms. The van der Waals surface area contributed by atoms with Crippen LogP contribution in [0, 0.1) is 0 Å². The normalized spacial score (nSPS) is 15.1. The topological polar surface area (TPSA) is 78.4 Å². The molecule has 0 heterocycles. The molecule has 0 aromatic carbocycles. The van der Waals surface area contributed by atoms with Crippen molar-refractivity contribution in [3.8, 4) is 0 Å². The van der Waals surface area contributed by atoms with E-state index in [-0.39, 0.29) is 30.0 Å². The summed E-state index contributed by atoms with van der Waals surface area (Å²) < 4.78 is 0. The van der Waals surface area contributed by atoms with Crippen LogP contribution in [-0.2, 0) is 9.59 Å². The maximum atomic E-state index is 11.7. The highest BCUT2D eigenvalue weighted by Gasteiger charge is 2.20. The lowest BCUT2D eigenvalue weighted by molar-refractivity contribution is -0.137. The summed E-state index contributed by atoms with van der Waals surface area (Å²) in [4.78, 5) is 22.1. The second kappa shape index (κ2) is 6.59. The van der Waals surface area contributed by atoms with E-state index in [2.05, 4.69) is 10.6 Å². The van der Waals surface area contributed by atoms with Crippen LogP contribution in [0.25, 0.3) is 0 Å². The van der Waals surface area contributed by atoms with Crippen molar-refractivity contribution < 1.29 is 14.7 Å². The maximum absolute atomic E-state index is 11.7. The Labute approximate surface area is 103 Å². The first-order valence-corrected chi connectivity index (χ1v) is 5.91. The predicted octanol–water partition coefficient (Wildman–Crippen LogP) is 1.13. The van der Waals surface area contributed by atoms with Crippen LogP contribution in [0.1, 0.15) is 47.5 Å². The largest absolute Gasteiger partial charge is 0.481 e. The van der Waals surface area contributed by atoms with Crippen LogP contribution in [0.5, 0.6) is 0 Å². The molecular weight excluding hydrogens is 220 g/mol. The summed E-state index contributed by atoms with van der Waals surface area (Å²) in [6.45, 7) is 9.42. The zero-order valence-corrected chi connectivity index (χ0v) is 11.3. The van der Waals surface area contributed by atoms with Gasteiger partial charge in [-0.1, -0.05) is 0 Å². The van der Waals surface area contributed by atoms with Crippen LogP contribution in [-0.4, -0.2) is 34.6 Å².